The molecule has 0 saturated carbocycles. The molecule has 6 heteroatoms. The Hall–Kier alpha value is -1.98. The fourth-order valence-corrected chi connectivity index (χ4v) is 3.87. The van der Waals surface area contributed by atoms with E-state index in [9.17, 15) is 9.59 Å². The topological polar surface area (TPSA) is 49.4 Å². The lowest BCUT2D eigenvalue weighted by molar-refractivity contribution is -0.116. The molecule has 0 aliphatic carbocycles. The maximum atomic E-state index is 12.5. The second-order valence-corrected chi connectivity index (χ2v) is 7.82. The zero-order valence-corrected chi connectivity index (χ0v) is 16.4. The first-order chi connectivity index (χ1) is 12.5. The van der Waals surface area contributed by atoms with E-state index in [0.29, 0.717) is 22.9 Å². The second kappa shape index (κ2) is 8.14. The van der Waals surface area contributed by atoms with Crippen LogP contribution in [0.5, 0.6) is 0 Å². The minimum atomic E-state index is -0.118. The van der Waals surface area contributed by atoms with E-state index in [2.05, 4.69) is 5.32 Å². The van der Waals surface area contributed by atoms with Crippen molar-refractivity contribution in [2.75, 3.05) is 10.7 Å². The number of benzene rings is 2. The van der Waals surface area contributed by atoms with Gasteiger partial charge < -0.3 is 10.2 Å². The molecular weight excluding hydrogens is 368 g/mol. The number of fused-ring (bicyclic) bond motifs is 1. The van der Waals surface area contributed by atoms with Gasteiger partial charge in [0, 0.05) is 21.5 Å². The number of nitrogens with one attached hydrogen (secondary N) is 1. The molecule has 0 fully saturated rings. The number of halogens is 1. The Balaban J connectivity index is 1.90. The molecule has 3 rings (SSSR count). The molecule has 0 saturated heterocycles. The first-order valence-electron chi connectivity index (χ1n) is 8.60. The molecule has 0 bridgehead atoms. The van der Waals surface area contributed by atoms with E-state index in [1.54, 1.807) is 4.90 Å². The van der Waals surface area contributed by atoms with Gasteiger partial charge in [0.15, 0.2) is 0 Å². The van der Waals surface area contributed by atoms with Gasteiger partial charge in [-0.15, -0.1) is 11.8 Å². The highest BCUT2D eigenvalue weighted by molar-refractivity contribution is 8.00. The summed E-state index contributed by atoms with van der Waals surface area (Å²) < 4.78 is 0. The van der Waals surface area contributed by atoms with Crippen molar-refractivity contribution < 1.29 is 9.59 Å². The Labute approximate surface area is 162 Å². The van der Waals surface area contributed by atoms with E-state index in [-0.39, 0.29) is 17.9 Å². The minimum Gasteiger partial charge on any atom is -0.350 e. The van der Waals surface area contributed by atoms with Gasteiger partial charge in [0.1, 0.15) is 0 Å². The number of carbonyl (C=O) groups is 2. The van der Waals surface area contributed by atoms with Crippen LogP contribution >= 0.6 is 23.4 Å². The fraction of sp³-hybridized carbons (Fsp3) is 0.300. The van der Waals surface area contributed by atoms with Crippen LogP contribution in [0.4, 0.5) is 5.69 Å². The van der Waals surface area contributed by atoms with Crippen LogP contribution < -0.4 is 10.2 Å². The van der Waals surface area contributed by atoms with E-state index in [0.717, 1.165) is 22.6 Å². The molecule has 136 valence electrons. The number of nitrogens with zero attached hydrogens (tertiary/aromatic N) is 1. The SMILES string of the molecule is CCC(C)NC(=O)c1ccc2c(c1)N(Cc1cccc(Cl)c1)C(=O)CS2. The van der Waals surface area contributed by atoms with Crippen LogP contribution in [0.15, 0.2) is 47.4 Å². The van der Waals surface area contributed by atoms with Gasteiger partial charge in [-0.2, -0.15) is 0 Å². The van der Waals surface area contributed by atoms with Gasteiger partial charge in [0.25, 0.3) is 5.91 Å². The molecule has 2 aromatic carbocycles. The summed E-state index contributed by atoms with van der Waals surface area (Å²) >= 11 is 7.57. The number of thioether (sulfide) groups is 1. The molecule has 2 amide bonds. The fourth-order valence-electron chi connectivity index (χ4n) is 2.74. The largest absolute Gasteiger partial charge is 0.350 e. The Kier molecular flexibility index (Phi) is 5.89. The average Bonchev–Trinajstić information content (AvgIpc) is 2.63. The summed E-state index contributed by atoms with van der Waals surface area (Å²) in [4.78, 5) is 27.7. The summed E-state index contributed by atoms with van der Waals surface area (Å²) in [7, 11) is 0. The molecule has 1 N–H and O–H groups in total. The van der Waals surface area contributed by atoms with Crippen LogP contribution in [0.2, 0.25) is 5.02 Å². The minimum absolute atomic E-state index is 0.0296. The number of hydrogen-bond donors (Lipinski definition) is 1. The van der Waals surface area contributed by atoms with E-state index >= 15 is 0 Å². The Morgan fingerprint density at radius 2 is 2.12 bits per heavy atom. The van der Waals surface area contributed by atoms with Crippen LogP contribution in [0.25, 0.3) is 0 Å². The van der Waals surface area contributed by atoms with Crippen molar-refractivity contribution >= 4 is 40.9 Å². The monoisotopic (exact) mass is 388 g/mol. The van der Waals surface area contributed by atoms with Crippen LogP contribution in [0, 0.1) is 0 Å². The smallest absolute Gasteiger partial charge is 0.251 e. The van der Waals surface area contributed by atoms with Gasteiger partial charge in [0.2, 0.25) is 5.91 Å². The van der Waals surface area contributed by atoms with E-state index in [1.807, 2.05) is 56.3 Å². The number of anilines is 1. The molecule has 0 aromatic heterocycles. The third-order valence-electron chi connectivity index (χ3n) is 4.38. The first-order valence-corrected chi connectivity index (χ1v) is 9.96. The van der Waals surface area contributed by atoms with Crippen LogP contribution in [0.1, 0.15) is 36.2 Å². The highest BCUT2D eigenvalue weighted by atomic mass is 35.5. The van der Waals surface area contributed by atoms with Crippen molar-refractivity contribution in [3.63, 3.8) is 0 Å². The van der Waals surface area contributed by atoms with Crippen molar-refractivity contribution in [3.05, 3.63) is 58.6 Å². The maximum absolute atomic E-state index is 12.5. The van der Waals surface area contributed by atoms with Crippen LogP contribution in [-0.2, 0) is 11.3 Å². The predicted molar refractivity (Wildman–Crippen MR) is 107 cm³/mol. The molecule has 1 atom stereocenters. The molecular formula is C20H21ClN2O2S. The van der Waals surface area contributed by atoms with E-state index in [1.165, 1.54) is 11.8 Å². The van der Waals surface area contributed by atoms with Crippen molar-refractivity contribution in [1.82, 2.24) is 5.32 Å². The van der Waals surface area contributed by atoms with Crippen molar-refractivity contribution in [3.8, 4) is 0 Å². The zero-order chi connectivity index (χ0) is 18.7. The Bertz CT molecular complexity index is 840. The van der Waals surface area contributed by atoms with Crippen LogP contribution in [0.3, 0.4) is 0 Å². The van der Waals surface area contributed by atoms with Gasteiger partial charge in [-0.25, -0.2) is 0 Å². The summed E-state index contributed by atoms with van der Waals surface area (Å²) in [6, 6.07) is 13.1. The van der Waals surface area contributed by atoms with Crippen molar-refractivity contribution in [1.29, 1.82) is 0 Å². The van der Waals surface area contributed by atoms with Crippen molar-refractivity contribution in [2.45, 2.75) is 37.8 Å². The lowest BCUT2D eigenvalue weighted by Gasteiger charge is -2.29. The maximum Gasteiger partial charge on any atom is 0.251 e. The molecule has 1 aliphatic heterocycles. The third kappa shape index (κ3) is 4.22. The molecule has 1 heterocycles. The summed E-state index contributed by atoms with van der Waals surface area (Å²) in [5, 5.41) is 3.61. The van der Waals surface area contributed by atoms with Gasteiger partial charge in [-0.1, -0.05) is 30.7 Å². The number of hydrogen-bond acceptors (Lipinski definition) is 3. The van der Waals surface area contributed by atoms with Crippen molar-refractivity contribution in [2.24, 2.45) is 0 Å². The third-order valence-corrected chi connectivity index (χ3v) is 5.67. The molecule has 1 unspecified atom stereocenters. The molecule has 4 nitrogen and oxygen atoms in total. The van der Waals surface area contributed by atoms with Gasteiger partial charge >= 0.3 is 0 Å². The van der Waals surface area contributed by atoms with E-state index in [4.69, 9.17) is 11.6 Å². The quantitative estimate of drug-likeness (QED) is 0.819. The second-order valence-electron chi connectivity index (χ2n) is 6.36. The molecule has 0 spiro atoms. The molecule has 0 radical (unpaired) electrons. The molecule has 26 heavy (non-hydrogen) atoms. The standard InChI is InChI=1S/C20H21ClN2O2S/c1-3-13(2)22-20(25)15-7-8-18-17(10-15)23(19(24)12-26-18)11-14-5-4-6-16(21)9-14/h4-10,13H,3,11-12H2,1-2H3,(H,22,25). The molecule has 1 aliphatic rings. The summed E-state index contributed by atoms with van der Waals surface area (Å²) in [6.45, 7) is 4.43. The summed E-state index contributed by atoms with van der Waals surface area (Å²) in [5.74, 6) is 0.307. The number of rotatable bonds is 5. The highest BCUT2D eigenvalue weighted by Gasteiger charge is 2.26. The lowest BCUT2D eigenvalue weighted by Crippen LogP contribution is -2.36. The van der Waals surface area contributed by atoms with E-state index < -0.39 is 0 Å². The predicted octanol–water partition coefficient (Wildman–Crippen LogP) is 4.51. The normalized spacial score (nSPS) is 14.7. The van der Waals surface area contributed by atoms with Gasteiger partial charge in [-0.3, -0.25) is 9.59 Å². The van der Waals surface area contributed by atoms with Gasteiger partial charge in [-0.05, 0) is 49.2 Å². The first kappa shape index (κ1) is 18.8. The number of carbonyl (C=O) groups excluding carboxylic acids is 2. The zero-order valence-electron chi connectivity index (χ0n) is 14.8. The summed E-state index contributed by atoms with van der Waals surface area (Å²) in [5.41, 5.74) is 2.30. The van der Waals surface area contributed by atoms with Crippen LogP contribution in [-0.4, -0.2) is 23.6 Å². The Morgan fingerprint density at radius 1 is 1.31 bits per heavy atom. The average molecular weight is 389 g/mol. The number of amides is 2. The molecule has 2 aromatic rings. The highest BCUT2D eigenvalue weighted by Crippen LogP contribution is 2.37. The van der Waals surface area contributed by atoms with Gasteiger partial charge in [0.05, 0.1) is 18.0 Å². The summed E-state index contributed by atoms with van der Waals surface area (Å²) in [6.07, 6.45) is 0.867. The Morgan fingerprint density at radius 3 is 2.85 bits per heavy atom. The lowest BCUT2D eigenvalue weighted by atomic mass is 10.1.